The molecule has 3 atom stereocenters. The highest BCUT2D eigenvalue weighted by atomic mass is 16.4. The summed E-state index contributed by atoms with van der Waals surface area (Å²) in [7, 11) is 0. The summed E-state index contributed by atoms with van der Waals surface area (Å²) < 4.78 is 0. The van der Waals surface area contributed by atoms with Gasteiger partial charge in [0.2, 0.25) is 11.8 Å². The van der Waals surface area contributed by atoms with Crippen LogP contribution in [0.2, 0.25) is 0 Å². The maximum Gasteiger partial charge on any atom is 0.326 e. The number of ketones is 2. The van der Waals surface area contributed by atoms with Crippen LogP contribution in [0.5, 0.6) is 0 Å². The molecule has 12 nitrogen and oxygen atoms in total. The summed E-state index contributed by atoms with van der Waals surface area (Å²) in [6, 6.07) is -2.57. The molecular formula is C19H28N2O10. The van der Waals surface area contributed by atoms with Crippen LogP contribution in [-0.2, 0) is 33.6 Å². The van der Waals surface area contributed by atoms with E-state index in [4.69, 9.17) is 10.2 Å². The Hall–Kier alpha value is -3.31. The van der Waals surface area contributed by atoms with Crippen LogP contribution in [0.15, 0.2) is 0 Å². The van der Waals surface area contributed by atoms with E-state index in [9.17, 15) is 38.7 Å². The molecule has 0 radical (unpaired) electrons. The molecule has 0 heterocycles. The van der Waals surface area contributed by atoms with Crippen LogP contribution >= 0.6 is 0 Å². The number of hydrogen-bond donors (Lipinski definition) is 5. The van der Waals surface area contributed by atoms with Crippen LogP contribution < -0.4 is 10.6 Å². The highest BCUT2D eigenvalue weighted by molar-refractivity contribution is 5.87. The topological polar surface area (TPSA) is 204 Å². The molecule has 0 fully saturated rings. The Labute approximate surface area is 178 Å². The van der Waals surface area contributed by atoms with E-state index in [0.29, 0.717) is 0 Å². The van der Waals surface area contributed by atoms with Gasteiger partial charge in [-0.25, -0.2) is 9.59 Å². The minimum Gasteiger partial charge on any atom is -0.481 e. The number of carbonyl (C=O) groups is 7. The van der Waals surface area contributed by atoms with Crippen molar-refractivity contribution in [3.63, 3.8) is 0 Å². The first-order valence-corrected chi connectivity index (χ1v) is 9.59. The Kier molecular flexibility index (Phi) is 12.4. The van der Waals surface area contributed by atoms with E-state index < -0.39 is 59.9 Å². The molecule has 174 valence electrons. The number of Topliss-reactive ketones (excluding diaryl/α,β-unsaturated/α-hetero) is 2. The van der Waals surface area contributed by atoms with Gasteiger partial charge in [0, 0.05) is 32.6 Å². The van der Waals surface area contributed by atoms with Crippen molar-refractivity contribution in [2.45, 2.75) is 70.9 Å². The van der Waals surface area contributed by atoms with Crippen molar-refractivity contribution in [2.24, 2.45) is 5.92 Å². The molecule has 0 saturated heterocycles. The molecule has 0 aliphatic rings. The first-order valence-electron chi connectivity index (χ1n) is 9.59. The summed E-state index contributed by atoms with van der Waals surface area (Å²) in [5, 5.41) is 31.7. The Balaban J connectivity index is 4.69. The van der Waals surface area contributed by atoms with Gasteiger partial charge in [-0.05, 0) is 26.2 Å². The zero-order valence-corrected chi connectivity index (χ0v) is 17.4. The highest BCUT2D eigenvalue weighted by Crippen LogP contribution is 2.15. The normalized spacial score (nSPS) is 13.4. The van der Waals surface area contributed by atoms with Crippen molar-refractivity contribution in [3.05, 3.63) is 0 Å². The third-order valence-electron chi connectivity index (χ3n) is 4.35. The zero-order chi connectivity index (χ0) is 24.1. The standard InChI is InChI=1S/C19H28N2O10/c1-10(22)3-6-15(19(30)31)21-16(25)8-4-12(17(26)27)9-13(24)5-7-14(18(28)29)20-11(2)23/h12,14-15H,3-9H2,1-2H3,(H,20,23)(H,21,25)(H,26,27)(H,28,29)(H,30,31)/t12-,14+,15+/m1/s1. The fourth-order valence-corrected chi connectivity index (χ4v) is 2.67. The fourth-order valence-electron chi connectivity index (χ4n) is 2.67. The van der Waals surface area contributed by atoms with E-state index in [2.05, 4.69) is 10.6 Å². The summed E-state index contributed by atoms with van der Waals surface area (Å²) in [5.41, 5.74) is 0. The Morgan fingerprint density at radius 1 is 0.677 bits per heavy atom. The van der Waals surface area contributed by atoms with Gasteiger partial charge < -0.3 is 30.7 Å². The second-order valence-electron chi connectivity index (χ2n) is 7.15. The van der Waals surface area contributed by atoms with Crippen LogP contribution in [0.4, 0.5) is 0 Å². The van der Waals surface area contributed by atoms with Crippen molar-refractivity contribution in [1.29, 1.82) is 0 Å². The average Bonchev–Trinajstić information content (AvgIpc) is 2.64. The van der Waals surface area contributed by atoms with E-state index in [1.807, 2.05) is 0 Å². The number of carboxylic acids is 3. The number of rotatable bonds is 16. The predicted octanol–water partition coefficient (Wildman–Crippen LogP) is -0.265. The lowest BCUT2D eigenvalue weighted by Gasteiger charge is -2.16. The van der Waals surface area contributed by atoms with Gasteiger partial charge in [0.25, 0.3) is 0 Å². The molecule has 0 spiro atoms. The van der Waals surface area contributed by atoms with Crippen molar-refractivity contribution >= 4 is 41.3 Å². The lowest BCUT2D eigenvalue weighted by atomic mass is 9.94. The lowest BCUT2D eigenvalue weighted by molar-refractivity contribution is -0.145. The van der Waals surface area contributed by atoms with Crippen LogP contribution in [0.1, 0.15) is 58.8 Å². The molecule has 0 bridgehead atoms. The van der Waals surface area contributed by atoms with E-state index in [-0.39, 0.29) is 44.3 Å². The number of nitrogens with one attached hydrogen (secondary N) is 2. The molecular weight excluding hydrogens is 416 g/mol. The third-order valence-corrected chi connectivity index (χ3v) is 4.35. The summed E-state index contributed by atoms with van der Waals surface area (Å²) in [6.45, 7) is 2.41. The third kappa shape index (κ3) is 12.8. The average molecular weight is 444 g/mol. The Morgan fingerprint density at radius 2 is 1.19 bits per heavy atom. The number of carboxylic acid groups (broad SMARTS) is 3. The molecule has 5 N–H and O–H groups in total. The van der Waals surface area contributed by atoms with Crippen molar-refractivity contribution in [1.82, 2.24) is 10.6 Å². The lowest BCUT2D eigenvalue weighted by Crippen LogP contribution is -2.41. The minimum absolute atomic E-state index is 0.0423. The minimum atomic E-state index is -1.33. The smallest absolute Gasteiger partial charge is 0.326 e. The number of carbonyl (C=O) groups excluding carboxylic acids is 4. The summed E-state index contributed by atoms with van der Waals surface area (Å²) >= 11 is 0. The van der Waals surface area contributed by atoms with E-state index in [1.54, 1.807) is 0 Å². The molecule has 31 heavy (non-hydrogen) atoms. The van der Waals surface area contributed by atoms with Crippen molar-refractivity contribution < 1.29 is 48.9 Å². The molecule has 2 amide bonds. The second kappa shape index (κ2) is 13.8. The molecule has 0 aromatic heterocycles. The Bertz CT molecular complexity index is 718. The van der Waals surface area contributed by atoms with Gasteiger partial charge in [-0.2, -0.15) is 0 Å². The van der Waals surface area contributed by atoms with Crippen LogP contribution in [-0.4, -0.2) is 68.7 Å². The molecule has 0 aliphatic heterocycles. The van der Waals surface area contributed by atoms with Gasteiger partial charge in [0.05, 0.1) is 5.92 Å². The fraction of sp³-hybridized carbons (Fsp3) is 0.632. The summed E-state index contributed by atoms with van der Waals surface area (Å²) in [4.78, 5) is 79.6. The van der Waals surface area contributed by atoms with Crippen LogP contribution in [0, 0.1) is 5.92 Å². The molecule has 0 rings (SSSR count). The quantitative estimate of drug-likeness (QED) is 0.211. The van der Waals surface area contributed by atoms with Gasteiger partial charge in [0.1, 0.15) is 23.7 Å². The van der Waals surface area contributed by atoms with Gasteiger partial charge in [-0.15, -0.1) is 0 Å². The molecule has 0 saturated carbocycles. The van der Waals surface area contributed by atoms with Crippen LogP contribution in [0.25, 0.3) is 0 Å². The monoisotopic (exact) mass is 444 g/mol. The van der Waals surface area contributed by atoms with Gasteiger partial charge in [-0.3, -0.25) is 19.2 Å². The van der Waals surface area contributed by atoms with Crippen molar-refractivity contribution in [2.75, 3.05) is 0 Å². The second-order valence-corrected chi connectivity index (χ2v) is 7.15. The molecule has 0 aromatic rings. The molecule has 0 unspecified atom stereocenters. The highest BCUT2D eigenvalue weighted by Gasteiger charge is 2.26. The van der Waals surface area contributed by atoms with E-state index >= 15 is 0 Å². The largest absolute Gasteiger partial charge is 0.481 e. The van der Waals surface area contributed by atoms with E-state index in [0.717, 1.165) is 6.92 Å². The number of amides is 2. The van der Waals surface area contributed by atoms with E-state index in [1.165, 1.54) is 6.92 Å². The van der Waals surface area contributed by atoms with Crippen LogP contribution in [0.3, 0.4) is 0 Å². The summed E-state index contributed by atoms with van der Waals surface area (Å²) in [6.07, 6.45) is -1.66. The van der Waals surface area contributed by atoms with Crippen molar-refractivity contribution in [3.8, 4) is 0 Å². The Morgan fingerprint density at radius 3 is 1.65 bits per heavy atom. The number of aliphatic carboxylic acids is 3. The molecule has 0 aromatic carbocycles. The van der Waals surface area contributed by atoms with Gasteiger partial charge >= 0.3 is 17.9 Å². The molecule has 0 aliphatic carbocycles. The summed E-state index contributed by atoms with van der Waals surface area (Å²) in [5.74, 6) is -7.31. The van der Waals surface area contributed by atoms with Gasteiger partial charge in [0.15, 0.2) is 0 Å². The SMILES string of the molecule is CC(=O)CC[C@H](NC(=O)CC[C@H](CC(=O)CC[C@H](NC(C)=O)C(=O)O)C(=O)O)C(=O)O. The maximum atomic E-state index is 12.1. The first-order chi connectivity index (χ1) is 14.3. The first kappa shape index (κ1) is 27.7. The zero-order valence-electron chi connectivity index (χ0n) is 17.4. The van der Waals surface area contributed by atoms with Gasteiger partial charge in [-0.1, -0.05) is 0 Å². The number of hydrogen-bond acceptors (Lipinski definition) is 7. The molecule has 12 heteroatoms. The maximum absolute atomic E-state index is 12.1. The predicted molar refractivity (Wildman–Crippen MR) is 104 cm³/mol.